The maximum atomic E-state index is 13.6. The largest absolute Gasteiger partial charge is 0.365 e. The highest BCUT2D eigenvalue weighted by molar-refractivity contribution is 7.99. The fraction of sp³-hybridized carbons (Fsp3) is 0.476. The normalized spacial score (nSPS) is 18.3. The van der Waals surface area contributed by atoms with Gasteiger partial charge < -0.3 is 9.88 Å². The van der Waals surface area contributed by atoms with E-state index < -0.39 is 11.6 Å². The molecule has 2 aromatic heterocycles. The average Bonchev–Trinajstić information content (AvgIpc) is 3.36. The van der Waals surface area contributed by atoms with Gasteiger partial charge in [-0.3, -0.25) is 0 Å². The number of hydrogen-bond donors (Lipinski definition) is 1. The van der Waals surface area contributed by atoms with Gasteiger partial charge in [0.1, 0.15) is 0 Å². The molecule has 29 heavy (non-hydrogen) atoms. The standard InChI is InChI=1S/C21H25F2N5S/c1-3-5-8-28-12-24-18-19(26-21(27-20(18)28)29-9-4-2)25-17-11-14(17)13-6-7-15(22)16(23)10-13/h6-7,10,12,14,17H,3-5,8-9,11H2,1-2H3,(H,25,26,27)/t14-,17+/m0/s1. The summed E-state index contributed by atoms with van der Waals surface area (Å²) in [4.78, 5) is 14.0. The minimum absolute atomic E-state index is 0.128. The van der Waals surface area contributed by atoms with Crippen molar-refractivity contribution in [1.82, 2.24) is 19.5 Å². The van der Waals surface area contributed by atoms with Crippen molar-refractivity contribution in [1.29, 1.82) is 0 Å². The molecule has 0 amide bonds. The summed E-state index contributed by atoms with van der Waals surface area (Å²) >= 11 is 1.64. The van der Waals surface area contributed by atoms with Gasteiger partial charge in [0.2, 0.25) is 0 Å². The van der Waals surface area contributed by atoms with E-state index in [2.05, 4.69) is 28.7 Å². The predicted molar refractivity (Wildman–Crippen MR) is 112 cm³/mol. The lowest BCUT2D eigenvalue weighted by molar-refractivity contribution is 0.507. The Morgan fingerprint density at radius 3 is 2.79 bits per heavy atom. The summed E-state index contributed by atoms with van der Waals surface area (Å²) in [6.45, 7) is 5.17. The number of anilines is 1. The van der Waals surface area contributed by atoms with E-state index in [1.807, 2.05) is 6.33 Å². The number of halogens is 2. The minimum Gasteiger partial charge on any atom is -0.365 e. The molecule has 0 unspecified atom stereocenters. The zero-order chi connectivity index (χ0) is 20.4. The summed E-state index contributed by atoms with van der Waals surface area (Å²) in [6.07, 6.45) is 5.89. The average molecular weight is 418 g/mol. The van der Waals surface area contributed by atoms with E-state index in [-0.39, 0.29) is 12.0 Å². The first kappa shape index (κ1) is 20.1. The number of imidazole rings is 1. The third-order valence-electron chi connectivity index (χ3n) is 5.12. The Hall–Kier alpha value is -2.22. The van der Waals surface area contributed by atoms with Gasteiger partial charge in [-0.25, -0.2) is 23.7 Å². The number of aryl methyl sites for hydroxylation is 1. The van der Waals surface area contributed by atoms with Crippen LogP contribution in [-0.4, -0.2) is 31.3 Å². The Labute approximate surface area is 173 Å². The van der Waals surface area contributed by atoms with Crippen LogP contribution in [0.1, 0.15) is 51.0 Å². The molecule has 1 saturated carbocycles. The Morgan fingerprint density at radius 2 is 2.03 bits per heavy atom. The Kier molecular flexibility index (Phi) is 5.99. The topological polar surface area (TPSA) is 55.6 Å². The van der Waals surface area contributed by atoms with Crippen molar-refractivity contribution < 1.29 is 8.78 Å². The molecule has 0 saturated heterocycles. The quantitative estimate of drug-likeness (QED) is 0.374. The molecule has 8 heteroatoms. The smallest absolute Gasteiger partial charge is 0.191 e. The summed E-state index contributed by atoms with van der Waals surface area (Å²) in [5.41, 5.74) is 2.42. The molecular formula is C21H25F2N5S. The number of aromatic nitrogens is 4. The number of hydrogen-bond acceptors (Lipinski definition) is 5. The molecular weight excluding hydrogens is 392 g/mol. The molecule has 0 spiro atoms. The van der Waals surface area contributed by atoms with Gasteiger partial charge in [-0.15, -0.1) is 0 Å². The van der Waals surface area contributed by atoms with Crippen LogP contribution in [0.4, 0.5) is 14.6 Å². The van der Waals surface area contributed by atoms with Gasteiger partial charge in [-0.05, 0) is 37.0 Å². The van der Waals surface area contributed by atoms with E-state index in [0.717, 1.165) is 65.7 Å². The molecule has 0 bridgehead atoms. The van der Waals surface area contributed by atoms with Crippen LogP contribution in [0, 0.1) is 11.6 Å². The van der Waals surface area contributed by atoms with Crippen LogP contribution in [-0.2, 0) is 6.54 Å². The van der Waals surface area contributed by atoms with Crippen LogP contribution < -0.4 is 5.32 Å². The molecule has 2 atom stereocenters. The third-order valence-corrected chi connectivity index (χ3v) is 6.17. The fourth-order valence-corrected chi connectivity index (χ4v) is 4.11. The summed E-state index contributed by atoms with van der Waals surface area (Å²) < 4.78 is 28.9. The first-order chi connectivity index (χ1) is 14.1. The molecule has 3 aromatic rings. The van der Waals surface area contributed by atoms with Crippen molar-refractivity contribution in [2.75, 3.05) is 11.1 Å². The van der Waals surface area contributed by atoms with Crippen LogP contribution in [0.2, 0.25) is 0 Å². The summed E-state index contributed by atoms with van der Waals surface area (Å²) in [5.74, 6) is 0.203. The lowest BCUT2D eigenvalue weighted by Crippen LogP contribution is -2.09. The second kappa shape index (κ2) is 8.65. The van der Waals surface area contributed by atoms with Crippen LogP contribution in [0.3, 0.4) is 0 Å². The van der Waals surface area contributed by atoms with E-state index in [0.29, 0.717) is 0 Å². The zero-order valence-electron chi connectivity index (χ0n) is 16.7. The van der Waals surface area contributed by atoms with Gasteiger partial charge in [0.15, 0.2) is 33.8 Å². The zero-order valence-corrected chi connectivity index (χ0v) is 17.5. The van der Waals surface area contributed by atoms with Gasteiger partial charge in [-0.1, -0.05) is 38.1 Å². The second-order valence-corrected chi connectivity index (χ2v) is 8.50. The maximum absolute atomic E-state index is 13.6. The Balaban J connectivity index is 1.58. The lowest BCUT2D eigenvalue weighted by atomic mass is 10.1. The lowest BCUT2D eigenvalue weighted by Gasteiger charge is -2.09. The summed E-state index contributed by atoms with van der Waals surface area (Å²) in [5, 5.41) is 4.21. The molecule has 1 aliphatic carbocycles. The molecule has 1 N–H and O–H groups in total. The molecule has 1 aromatic carbocycles. The van der Waals surface area contributed by atoms with Gasteiger partial charge in [-0.2, -0.15) is 0 Å². The first-order valence-electron chi connectivity index (χ1n) is 10.2. The maximum Gasteiger partial charge on any atom is 0.191 e. The minimum atomic E-state index is -0.813. The Bertz CT molecular complexity index is 1010. The molecule has 5 nitrogen and oxygen atoms in total. The van der Waals surface area contributed by atoms with Crippen molar-refractivity contribution in [3.63, 3.8) is 0 Å². The van der Waals surface area contributed by atoms with Crippen LogP contribution in [0.15, 0.2) is 29.7 Å². The molecule has 4 rings (SSSR count). The van der Waals surface area contributed by atoms with Crippen LogP contribution >= 0.6 is 11.8 Å². The summed E-state index contributed by atoms with van der Waals surface area (Å²) in [6, 6.07) is 4.27. The van der Waals surface area contributed by atoms with Crippen molar-refractivity contribution in [2.24, 2.45) is 0 Å². The predicted octanol–water partition coefficient (Wildman–Crippen LogP) is 5.37. The molecule has 2 heterocycles. The molecule has 1 fully saturated rings. The number of nitrogens with zero attached hydrogens (tertiary/aromatic N) is 4. The highest BCUT2D eigenvalue weighted by Gasteiger charge is 2.39. The molecule has 0 radical (unpaired) electrons. The number of benzene rings is 1. The van der Waals surface area contributed by atoms with E-state index in [1.165, 1.54) is 12.1 Å². The van der Waals surface area contributed by atoms with E-state index in [9.17, 15) is 8.78 Å². The Morgan fingerprint density at radius 1 is 1.17 bits per heavy atom. The van der Waals surface area contributed by atoms with E-state index >= 15 is 0 Å². The first-order valence-corrected chi connectivity index (χ1v) is 11.2. The number of fused-ring (bicyclic) bond motifs is 1. The number of nitrogens with one attached hydrogen (secondary N) is 1. The van der Waals surface area contributed by atoms with E-state index in [1.54, 1.807) is 17.8 Å². The second-order valence-electron chi connectivity index (χ2n) is 7.43. The highest BCUT2D eigenvalue weighted by atomic mass is 32.2. The third kappa shape index (κ3) is 4.37. The number of rotatable bonds is 9. The summed E-state index contributed by atoms with van der Waals surface area (Å²) in [7, 11) is 0. The van der Waals surface area contributed by atoms with Gasteiger partial charge in [0.05, 0.1) is 6.33 Å². The monoisotopic (exact) mass is 417 g/mol. The molecule has 1 aliphatic rings. The van der Waals surface area contributed by atoms with E-state index in [4.69, 9.17) is 9.97 Å². The SMILES string of the molecule is CCCCn1cnc2c(N[C@@H]3C[C@H]3c3ccc(F)c(F)c3)nc(SCCC)nc21. The van der Waals surface area contributed by atoms with Crippen molar-refractivity contribution in [2.45, 2.75) is 63.2 Å². The van der Waals surface area contributed by atoms with Gasteiger partial charge in [0.25, 0.3) is 0 Å². The molecule has 154 valence electrons. The van der Waals surface area contributed by atoms with Crippen LogP contribution in [0.25, 0.3) is 11.2 Å². The molecule has 0 aliphatic heterocycles. The fourth-order valence-electron chi connectivity index (χ4n) is 3.42. The van der Waals surface area contributed by atoms with Gasteiger partial charge in [0, 0.05) is 24.3 Å². The number of unbranched alkanes of at least 4 members (excludes halogenated alkanes) is 1. The van der Waals surface area contributed by atoms with Crippen molar-refractivity contribution >= 4 is 28.7 Å². The number of thioether (sulfide) groups is 1. The van der Waals surface area contributed by atoms with Crippen molar-refractivity contribution in [3.05, 3.63) is 41.7 Å². The van der Waals surface area contributed by atoms with Crippen LogP contribution in [0.5, 0.6) is 0 Å². The van der Waals surface area contributed by atoms with Crippen molar-refractivity contribution in [3.8, 4) is 0 Å². The highest BCUT2D eigenvalue weighted by Crippen LogP contribution is 2.43. The van der Waals surface area contributed by atoms with Gasteiger partial charge >= 0.3 is 0 Å².